The first-order valence-corrected chi connectivity index (χ1v) is 14.7. The third-order valence-corrected chi connectivity index (χ3v) is 8.77. The number of nitrogens with zero attached hydrogens (tertiary/aromatic N) is 4. The zero-order chi connectivity index (χ0) is 26.6. The van der Waals surface area contributed by atoms with Crippen LogP contribution in [0, 0.1) is 0 Å². The third kappa shape index (κ3) is 7.37. The molecule has 37 heavy (non-hydrogen) atoms. The van der Waals surface area contributed by atoms with Gasteiger partial charge in [0.2, 0.25) is 10.0 Å². The summed E-state index contributed by atoms with van der Waals surface area (Å²) in [5.74, 6) is -0.499. The van der Waals surface area contributed by atoms with Crippen LogP contribution in [0.2, 0.25) is 0 Å². The number of rotatable bonds is 8. The highest BCUT2D eigenvalue weighted by molar-refractivity contribution is 7.88. The van der Waals surface area contributed by atoms with Gasteiger partial charge in [-0.1, -0.05) is 36.4 Å². The van der Waals surface area contributed by atoms with Crippen LogP contribution in [0.1, 0.15) is 40.9 Å². The number of carbonyl (C=O) groups excluding carboxylic acids is 1. The number of carbonyl (C=O) groups is 1. The molecule has 202 valence electrons. The second kappa shape index (κ2) is 12.0. The number of nitrogens with one attached hydrogen (secondary N) is 1. The van der Waals surface area contributed by atoms with E-state index in [1.54, 1.807) is 21.9 Å². The number of benzene rings is 2. The number of hydrogen-bond acceptors (Lipinski definition) is 7. The largest absolute Gasteiger partial charge is 0.296 e. The molecule has 0 unspecified atom stereocenters. The van der Waals surface area contributed by atoms with Crippen LogP contribution in [0.25, 0.3) is 0 Å². The molecular formula is C27H39N5O4S. The topological polar surface area (TPSA) is 96.4 Å². The minimum Gasteiger partial charge on any atom is -0.296 e. The molecule has 2 heterocycles. The van der Waals surface area contributed by atoms with Gasteiger partial charge in [-0.2, -0.15) is 4.31 Å². The summed E-state index contributed by atoms with van der Waals surface area (Å²) in [7, 11) is -3.11. The highest BCUT2D eigenvalue weighted by Gasteiger charge is 2.29. The Balaban J connectivity index is 1.30. The van der Waals surface area contributed by atoms with Crippen molar-refractivity contribution in [3.63, 3.8) is 0 Å². The Morgan fingerprint density at radius 1 is 0.865 bits per heavy atom. The minimum absolute atomic E-state index is 0.399. The molecule has 0 bridgehead atoms. The minimum atomic E-state index is -3.11. The standard InChI is InChI=1S/C27H39N5O4S/c1-21-16-30(18-23-7-9-26(10-8-23)27(33)28-34)17-22(2)32(21)20-25-6-4-5-24(15-25)19-29-11-13-31(14-12-29)37(3,35)36/h4-10,15,21-22,34H,11-14,16-20H2,1-3H3,(H,28,33)/t21-,22+. The summed E-state index contributed by atoms with van der Waals surface area (Å²) in [6.07, 6.45) is 1.28. The molecule has 10 heteroatoms. The van der Waals surface area contributed by atoms with Crippen LogP contribution < -0.4 is 5.48 Å². The molecule has 1 amide bonds. The highest BCUT2D eigenvalue weighted by atomic mass is 32.2. The van der Waals surface area contributed by atoms with Gasteiger partial charge in [-0.05, 0) is 42.7 Å². The maximum absolute atomic E-state index is 11.8. The van der Waals surface area contributed by atoms with Gasteiger partial charge in [-0.15, -0.1) is 0 Å². The van der Waals surface area contributed by atoms with Gasteiger partial charge >= 0.3 is 0 Å². The van der Waals surface area contributed by atoms with Crippen molar-refractivity contribution in [2.24, 2.45) is 0 Å². The first kappa shape index (κ1) is 27.7. The lowest BCUT2D eigenvalue weighted by molar-refractivity contribution is 0.0290. The Labute approximate surface area is 220 Å². The molecule has 2 atom stereocenters. The number of amides is 1. The van der Waals surface area contributed by atoms with E-state index in [9.17, 15) is 13.2 Å². The molecule has 2 aliphatic rings. The fourth-order valence-electron chi connectivity index (χ4n) is 5.51. The van der Waals surface area contributed by atoms with Gasteiger partial charge in [0, 0.05) is 76.5 Å². The fourth-order valence-corrected chi connectivity index (χ4v) is 6.33. The van der Waals surface area contributed by atoms with Crippen LogP contribution in [0.4, 0.5) is 0 Å². The normalized spacial score (nSPS) is 22.7. The molecule has 4 rings (SSSR count). The lowest BCUT2D eigenvalue weighted by Gasteiger charge is -2.44. The smallest absolute Gasteiger partial charge is 0.274 e. The fraction of sp³-hybridized carbons (Fsp3) is 0.519. The predicted octanol–water partition coefficient (Wildman–Crippen LogP) is 1.98. The second-order valence-corrected chi connectivity index (χ2v) is 12.4. The van der Waals surface area contributed by atoms with Crippen molar-refractivity contribution < 1.29 is 18.4 Å². The van der Waals surface area contributed by atoms with Crippen molar-refractivity contribution in [3.8, 4) is 0 Å². The maximum Gasteiger partial charge on any atom is 0.274 e. The molecule has 2 aromatic carbocycles. The van der Waals surface area contributed by atoms with Crippen LogP contribution in [0.15, 0.2) is 48.5 Å². The third-order valence-electron chi connectivity index (χ3n) is 7.46. The molecular weight excluding hydrogens is 490 g/mol. The lowest BCUT2D eigenvalue weighted by Crippen LogP contribution is -2.55. The van der Waals surface area contributed by atoms with E-state index >= 15 is 0 Å². The average Bonchev–Trinajstić information content (AvgIpc) is 2.86. The summed E-state index contributed by atoms with van der Waals surface area (Å²) in [6, 6.07) is 16.9. The van der Waals surface area contributed by atoms with Gasteiger partial charge < -0.3 is 0 Å². The molecule has 2 aliphatic heterocycles. The van der Waals surface area contributed by atoms with Crippen molar-refractivity contribution in [1.82, 2.24) is 24.5 Å². The molecule has 2 aromatic rings. The number of piperazine rings is 2. The van der Waals surface area contributed by atoms with E-state index in [2.05, 4.69) is 52.8 Å². The monoisotopic (exact) mass is 529 g/mol. The Morgan fingerprint density at radius 2 is 1.43 bits per heavy atom. The Hall–Kier alpha value is -2.34. The quantitative estimate of drug-likeness (QED) is 0.399. The van der Waals surface area contributed by atoms with E-state index in [-0.39, 0.29) is 0 Å². The summed E-state index contributed by atoms with van der Waals surface area (Å²) in [4.78, 5) is 18.9. The summed E-state index contributed by atoms with van der Waals surface area (Å²) in [5.41, 5.74) is 5.83. The lowest BCUT2D eigenvalue weighted by atomic mass is 10.0. The second-order valence-electron chi connectivity index (χ2n) is 10.5. The van der Waals surface area contributed by atoms with E-state index in [0.29, 0.717) is 30.7 Å². The van der Waals surface area contributed by atoms with E-state index in [1.807, 2.05) is 12.1 Å². The van der Waals surface area contributed by atoms with Gasteiger partial charge in [0.05, 0.1) is 6.26 Å². The van der Waals surface area contributed by atoms with Crippen LogP contribution in [-0.4, -0.2) is 96.1 Å². The van der Waals surface area contributed by atoms with Crippen molar-refractivity contribution in [2.45, 2.75) is 45.6 Å². The zero-order valence-corrected chi connectivity index (χ0v) is 22.8. The highest BCUT2D eigenvalue weighted by Crippen LogP contribution is 2.22. The van der Waals surface area contributed by atoms with Crippen LogP contribution in [0.3, 0.4) is 0 Å². The average molecular weight is 530 g/mol. The van der Waals surface area contributed by atoms with Crippen LogP contribution in [0.5, 0.6) is 0 Å². The van der Waals surface area contributed by atoms with Gasteiger partial charge in [0.25, 0.3) is 5.91 Å². The maximum atomic E-state index is 11.8. The first-order valence-electron chi connectivity index (χ1n) is 12.9. The van der Waals surface area contributed by atoms with Crippen LogP contribution >= 0.6 is 0 Å². The molecule has 0 saturated carbocycles. The molecule has 0 spiro atoms. The number of sulfonamides is 1. The molecule has 2 fully saturated rings. The Bertz CT molecular complexity index is 1150. The van der Waals surface area contributed by atoms with Gasteiger partial charge in [-0.3, -0.25) is 24.7 Å². The van der Waals surface area contributed by atoms with E-state index < -0.39 is 15.9 Å². The van der Waals surface area contributed by atoms with Crippen molar-refractivity contribution >= 4 is 15.9 Å². The molecule has 2 saturated heterocycles. The number of hydroxylamine groups is 1. The van der Waals surface area contributed by atoms with Crippen molar-refractivity contribution in [3.05, 3.63) is 70.8 Å². The van der Waals surface area contributed by atoms with Crippen molar-refractivity contribution in [1.29, 1.82) is 0 Å². The summed E-state index contributed by atoms with van der Waals surface area (Å²) in [6.45, 7) is 11.7. The van der Waals surface area contributed by atoms with Gasteiger partial charge in [-0.25, -0.2) is 13.9 Å². The Kier molecular flexibility index (Phi) is 8.99. The van der Waals surface area contributed by atoms with E-state index in [0.717, 1.165) is 51.4 Å². The van der Waals surface area contributed by atoms with Gasteiger partial charge in [0.15, 0.2) is 0 Å². The Morgan fingerprint density at radius 3 is 2.00 bits per heavy atom. The first-order chi connectivity index (χ1) is 17.6. The van der Waals surface area contributed by atoms with E-state index in [1.165, 1.54) is 17.4 Å². The summed E-state index contributed by atoms with van der Waals surface area (Å²) >= 11 is 0. The molecule has 0 radical (unpaired) electrons. The number of hydrogen-bond donors (Lipinski definition) is 2. The molecule has 0 aliphatic carbocycles. The molecule has 2 N–H and O–H groups in total. The SMILES string of the molecule is C[C@@H]1CN(Cc2ccc(C(=O)NO)cc2)C[C@H](C)N1Cc1cccc(CN2CCN(S(C)(=O)=O)CC2)c1. The summed E-state index contributed by atoms with van der Waals surface area (Å²) < 4.78 is 25.1. The van der Waals surface area contributed by atoms with Gasteiger partial charge in [0.1, 0.15) is 0 Å². The van der Waals surface area contributed by atoms with Crippen molar-refractivity contribution in [2.75, 3.05) is 45.5 Å². The molecule has 9 nitrogen and oxygen atoms in total. The summed E-state index contributed by atoms with van der Waals surface area (Å²) in [5, 5.41) is 8.80. The zero-order valence-electron chi connectivity index (χ0n) is 22.0. The van der Waals surface area contributed by atoms with E-state index in [4.69, 9.17) is 5.21 Å². The molecule has 0 aromatic heterocycles. The van der Waals surface area contributed by atoms with Crippen LogP contribution in [-0.2, 0) is 29.7 Å². The predicted molar refractivity (Wildman–Crippen MR) is 144 cm³/mol.